The molecule has 2 aliphatic rings. The molecule has 3 N–H and O–H groups in total. The third-order valence-corrected chi connectivity index (χ3v) is 2.78. The average molecular weight is 220 g/mol. The summed E-state index contributed by atoms with van der Waals surface area (Å²) in [5, 5.41) is 9.49. The summed E-state index contributed by atoms with van der Waals surface area (Å²) < 4.78 is 0. The van der Waals surface area contributed by atoms with E-state index in [1.165, 1.54) is 0 Å². The van der Waals surface area contributed by atoms with Crippen LogP contribution in [0.5, 0.6) is 0 Å². The Morgan fingerprint density at radius 2 is 2.14 bits per heavy atom. The third kappa shape index (κ3) is 2.83. The van der Waals surface area contributed by atoms with Crippen LogP contribution in [0, 0.1) is 0 Å². The van der Waals surface area contributed by atoms with E-state index < -0.39 is 0 Å². The van der Waals surface area contributed by atoms with Crippen molar-refractivity contribution >= 4 is 18.3 Å². The van der Waals surface area contributed by atoms with E-state index in [0.29, 0.717) is 6.04 Å². The van der Waals surface area contributed by atoms with Gasteiger partial charge in [-0.3, -0.25) is 4.79 Å². The first kappa shape index (κ1) is 11.8. The maximum atomic E-state index is 11.6. The maximum Gasteiger partial charge on any atom is 0.237 e. The van der Waals surface area contributed by atoms with Gasteiger partial charge in [-0.15, -0.1) is 12.4 Å². The number of hydrogen-bond donors (Lipinski definition) is 3. The third-order valence-electron chi connectivity index (χ3n) is 2.78. The molecule has 0 radical (unpaired) electrons. The standard InChI is InChI=1S/C9H17N3O.ClH/c13-9(8-2-1-4-11-8)12-7-3-5-10-6-7;/h7-8,10-11H,1-6H2,(H,12,13);1H/t7?,8-;/m0./s1. The Kier molecular flexibility index (Phi) is 4.65. The summed E-state index contributed by atoms with van der Waals surface area (Å²) in [6.45, 7) is 2.95. The first-order valence-electron chi connectivity index (χ1n) is 5.11. The van der Waals surface area contributed by atoms with Crippen LogP contribution in [0.25, 0.3) is 0 Å². The minimum atomic E-state index is 0. The largest absolute Gasteiger partial charge is 0.351 e. The molecule has 0 spiro atoms. The molecule has 1 unspecified atom stereocenters. The van der Waals surface area contributed by atoms with E-state index in [-0.39, 0.29) is 24.4 Å². The summed E-state index contributed by atoms with van der Waals surface area (Å²) in [5.41, 5.74) is 0. The monoisotopic (exact) mass is 219 g/mol. The lowest BCUT2D eigenvalue weighted by Gasteiger charge is -2.15. The topological polar surface area (TPSA) is 53.2 Å². The van der Waals surface area contributed by atoms with Gasteiger partial charge in [-0.25, -0.2) is 0 Å². The second-order valence-corrected chi connectivity index (χ2v) is 3.85. The van der Waals surface area contributed by atoms with E-state index in [9.17, 15) is 4.79 Å². The molecule has 2 heterocycles. The first-order valence-corrected chi connectivity index (χ1v) is 5.11. The fraction of sp³-hybridized carbons (Fsp3) is 0.889. The van der Waals surface area contributed by atoms with Gasteiger partial charge in [-0.05, 0) is 32.4 Å². The molecule has 2 atom stereocenters. The van der Waals surface area contributed by atoms with Crippen molar-refractivity contribution in [3.05, 3.63) is 0 Å². The van der Waals surface area contributed by atoms with Gasteiger partial charge < -0.3 is 16.0 Å². The number of carbonyl (C=O) groups excluding carboxylic acids is 1. The van der Waals surface area contributed by atoms with Crippen LogP contribution in [0.4, 0.5) is 0 Å². The van der Waals surface area contributed by atoms with Crippen molar-refractivity contribution in [2.75, 3.05) is 19.6 Å². The summed E-state index contributed by atoms with van der Waals surface area (Å²) in [6, 6.07) is 0.426. The van der Waals surface area contributed by atoms with Gasteiger partial charge in [0.25, 0.3) is 0 Å². The van der Waals surface area contributed by atoms with Crippen LogP contribution < -0.4 is 16.0 Å². The van der Waals surface area contributed by atoms with Crippen LogP contribution in [-0.4, -0.2) is 37.6 Å². The molecular weight excluding hydrogens is 202 g/mol. The summed E-state index contributed by atoms with van der Waals surface area (Å²) in [7, 11) is 0. The SMILES string of the molecule is Cl.O=C(NC1CCNC1)[C@@H]1CCCN1. The van der Waals surface area contributed by atoms with Crippen molar-refractivity contribution in [3.8, 4) is 0 Å². The highest BCUT2D eigenvalue weighted by Crippen LogP contribution is 2.06. The fourth-order valence-electron chi connectivity index (χ4n) is 1.99. The maximum absolute atomic E-state index is 11.6. The van der Waals surface area contributed by atoms with E-state index in [4.69, 9.17) is 0 Å². The number of carbonyl (C=O) groups is 1. The van der Waals surface area contributed by atoms with Gasteiger partial charge in [0.05, 0.1) is 6.04 Å². The second-order valence-electron chi connectivity index (χ2n) is 3.85. The normalized spacial score (nSPS) is 31.1. The van der Waals surface area contributed by atoms with E-state index in [2.05, 4.69) is 16.0 Å². The molecule has 14 heavy (non-hydrogen) atoms. The van der Waals surface area contributed by atoms with Crippen molar-refractivity contribution < 1.29 is 4.79 Å². The number of nitrogens with one attached hydrogen (secondary N) is 3. The lowest BCUT2D eigenvalue weighted by Crippen LogP contribution is -2.45. The zero-order valence-electron chi connectivity index (χ0n) is 8.21. The first-order chi connectivity index (χ1) is 6.36. The van der Waals surface area contributed by atoms with Gasteiger partial charge >= 0.3 is 0 Å². The molecule has 2 fully saturated rings. The summed E-state index contributed by atoms with van der Waals surface area (Å²) in [4.78, 5) is 11.6. The van der Waals surface area contributed by atoms with E-state index in [1.54, 1.807) is 0 Å². The Morgan fingerprint density at radius 1 is 1.29 bits per heavy atom. The van der Waals surface area contributed by atoms with Crippen LogP contribution in [0.15, 0.2) is 0 Å². The predicted molar refractivity (Wildman–Crippen MR) is 57.7 cm³/mol. The van der Waals surface area contributed by atoms with Gasteiger partial charge in [-0.1, -0.05) is 0 Å². The Balaban J connectivity index is 0.000000980. The molecule has 2 rings (SSSR count). The highest BCUT2D eigenvalue weighted by atomic mass is 35.5. The van der Waals surface area contributed by atoms with Crippen LogP contribution >= 0.6 is 12.4 Å². The number of halogens is 1. The molecule has 0 aromatic carbocycles. The van der Waals surface area contributed by atoms with Gasteiger partial charge in [0.2, 0.25) is 5.91 Å². The van der Waals surface area contributed by atoms with E-state index >= 15 is 0 Å². The van der Waals surface area contributed by atoms with Crippen molar-refractivity contribution in [2.24, 2.45) is 0 Å². The summed E-state index contributed by atoms with van der Waals surface area (Å²) in [6.07, 6.45) is 3.19. The zero-order valence-corrected chi connectivity index (χ0v) is 9.03. The van der Waals surface area contributed by atoms with Crippen LogP contribution in [0.1, 0.15) is 19.3 Å². The lowest BCUT2D eigenvalue weighted by atomic mass is 10.2. The minimum Gasteiger partial charge on any atom is -0.351 e. The molecule has 0 aliphatic carbocycles. The van der Waals surface area contributed by atoms with Crippen molar-refractivity contribution in [2.45, 2.75) is 31.3 Å². The highest BCUT2D eigenvalue weighted by molar-refractivity contribution is 5.85. The molecule has 0 aromatic heterocycles. The van der Waals surface area contributed by atoms with Gasteiger partial charge in [-0.2, -0.15) is 0 Å². The molecule has 0 aromatic rings. The van der Waals surface area contributed by atoms with E-state index in [0.717, 1.165) is 38.9 Å². The van der Waals surface area contributed by atoms with Crippen molar-refractivity contribution in [3.63, 3.8) is 0 Å². The molecule has 2 aliphatic heterocycles. The average Bonchev–Trinajstić information content (AvgIpc) is 2.74. The Morgan fingerprint density at radius 3 is 2.71 bits per heavy atom. The molecule has 4 nitrogen and oxygen atoms in total. The minimum absolute atomic E-state index is 0. The van der Waals surface area contributed by atoms with Gasteiger partial charge in [0, 0.05) is 12.6 Å². The fourth-order valence-corrected chi connectivity index (χ4v) is 1.99. The van der Waals surface area contributed by atoms with Crippen molar-refractivity contribution in [1.29, 1.82) is 0 Å². The van der Waals surface area contributed by atoms with Gasteiger partial charge in [0.1, 0.15) is 0 Å². The quantitative estimate of drug-likeness (QED) is 0.595. The second kappa shape index (κ2) is 5.53. The van der Waals surface area contributed by atoms with Crippen LogP contribution in [-0.2, 0) is 4.79 Å². The molecular formula is C9H18ClN3O. The summed E-state index contributed by atoms with van der Waals surface area (Å²) in [5.74, 6) is 0.186. The highest BCUT2D eigenvalue weighted by Gasteiger charge is 2.25. The molecule has 1 amide bonds. The zero-order chi connectivity index (χ0) is 9.10. The summed E-state index contributed by atoms with van der Waals surface area (Å²) >= 11 is 0. The number of rotatable bonds is 2. The molecule has 82 valence electrons. The Labute approximate surface area is 90.6 Å². The van der Waals surface area contributed by atoms with Crippen molar-refractivity contribution in [1.82, 2.24) is 16.0 Å². The lowest BCUT2D eigenvalue weighted by molar-refractivity contribution is -0.123. The number of amides is 1. The molecule has 0 saturated carbocycles. The van der Waals surface area contributed by atoms with E-state index in [1.807, 2.05) is 0 Å². The number of hydrogen-bond acceptors (Lipinski definition) is 3. The van der Waals surface area contributed by atoms with Crippen LogP contribution in [0.3, 0.4) is 0 Å². The smallest absolute Gasteiger partial charge is 0.237 e. The van der Waals surface area contributed by atoms with Crippen LogP contribution in [0.2, 0.25) is 0 Å². The Hall–Kier alpha value is -0.320. The molecule has 5 heteroatoms. The molecule has 2 saturated heterocycles. The van der Waals surface area contributed by atoms with Gasteiger partial charge in [0.15, 0.2) is 0 Å². The molecule has 0 bridgehead atoms. The Bertz CT molecular complexity index is 188. The predicted octanol–water partition coefficient (Wildman–Crippen LogP) is -0.362.